The molecule has 0 aliphatic rings. The number of ether oxygens (including phenoxy) is 2. The first-order valence-electron chi connectivity index (χ1n) is 5.50. The summed E-state index contributed by atoms with van der Waals surface area (Å²) in [5, 5.41) is 0. The van der Waals surface area contributed by atoms with E-state index >= 15 is 0 Å². The third kappa shape index (κ3) is 2.96. The van der Waals surface area contributed by atoms with Gasteiger partial charge in [-0.15, -0.1) is 0 Å². The van der Waals surface area contributed by atoms with Crippen molar-refractivity contribution < 1.29 is 9.47 Å². The minimum absolute atomic E-state index is 0.471. The number of methoxy groups -OCH3 is 1. The number of benzene rings is 2. The van der Waals surface area contributed by atoms with E-state index in [0.29, 0.717) is 12.3 Å². The quantitative estimate of drug-likeness (QED) is 0.877. The van der Waals surface area contributed by atoms with Crippen LogP contribution in [0.25, 0.3) is 0 Å². The zero-order valence-electron chi connectivity index (χ0n) is 10.0. The number of rotatable bonds is 4. The Morgan fingerprint density at radius 1 is 1.17 bits per heavy atom. The van der Waals surface area contributed by atoms with Crippen molar-refractivity contribution in [3.63, 3.8) is 0 Å². The lowest BCUT2D eigenvalue weighted by atomic mass is 10.2. The Morgan fingerprint density at radius 2 is 1.94 bits per heavy atom. The maximum absolute atomic E-state index is 5.79. The molecule has 4 heteroatoms. The summed E-state index contributed by atoms with van der Waals surface area (Å²) in [6.07, 6.45) is 0. The molecular formula is C14H14BrNO2. The first-order chi connectivity index (χ1) is 8.70. The summed E-state index contributed by atoms with van der Waals surface area (Å²) in [6.45, 7) is 0.471. The molecule has 0 spiro atoms. The predicted octanol–water partition coefficient (Wildman–Crippen LogP) is 3.62. The average molecular weight is 308 g/mol. The maximum atomic E-state index is 5.79. The summed E-state index contributed by atoms with van der Waals surface area (Å²) in [4.78, 5) is 0. The molecule has 2 aromatic carbocycles. The maximum Gasteiger partial charge on any atom is 0.136 e. The van der Waals surface area contributed by atoms with Gasteiger partial charge < -0.3 is 15.2 Å². The molecule has 0 bridgehead atoms. The molecule has 2 aromatic rings. The van der Waals surface area contributed by atoms with Gasteiger partial charge in [-0.25, -0.2) is 0 Å². The fourth-order valence-electron chi connectivity index (χ4n) is 1.56. The zero-order valence-corrected chi connectivity index (χ0v) is 11.6. The topological polar surface area (TPSA) is 44.5 Å². The summed E-state index contributed by atoms with van der Waals surface area (Å²) in [6, 6.07) is 13.3. The first kappa shape index (κ1) is 12.8. The second-order valence-corrected chi connectivity index (χ2v) is 4.59. The lowest BCUT2D eigenvalue weighted by Gasteiger charge is -2.10. The standard InChI is InChI=1S/C14H14BrNO2/c1-17-11-5-2-4-10(8-11)9-18-13-7-3-6-12(16)14(13)15/h2-8H,9,16H2,1H3. The van der Waals surface area contributed by atoms with Crippen molar-refractivity contribution in [2.75, 3.05) is 12.8 Å². The van der Waals surface area contributed by atoms with Crippen molar-refractivity contribution in [3.8, 4) is 11.5 Å². The van der Waals surface area contributed by atoms with Crippen molar-refractivity contribution in [1.82, 2.24) is 0 Å². The molecule has 94 valence electrons. The van der Waals surface area contributed by atoms with Gasteiger partial charge >= 0.3 is 0 Å². The minimum atomic E-state index is 0.471. The molecule has 0 aliphatic heterocycles. The van der Waals surface area contributed by atoms with E-state index in [4.69, 9.17) is 15.2 Å². The average Bonchev–Trinajstić information content (AvgIpc) is 2.41. The Labute approximate surface area is 115 Å². The van der Waals surface area contributed by atoms with E-state index in [1.807, 2.05) is 42.5 Å². The Bertz CT molecular complexity index is 543. The van der Waals surface area contributed by atoms with Gasteiger partial charge in [-0.1, -0.05) is 18.2 Å². The monoisotopic (exact) mass is 307 g/mol. The number of nitrogen functional groups attached to an aromatic ring is 1. The van der Waals surface area contributed by atoms with E-state index in [1.165, 1.54) is 0 Å². The van der Waals surface area contributed by atoms with Crippen LogP contribution in [0.2, 0.25) is 0 Å². The van der Waals surface area contributed by atoms with Crippen LogP contribution in [0, 0.1) is 0 Å². The van der Waals surface area contributed by atoms with Crippen molar-refractivity contribution in [2.45, 2.75) is 6.61 Å². The van der Waals surface area contributed by atoms with E-state index in [0.717, 1.165) is 21.5 Å². The Balaban J connectivity index is 2.09. The SMILES string of the molecule is COc1cccc(COc2cccc(N)c2Br)c1. The second-order valence-electron chi connectivity index (χ2n) is 3.80. The number of hydrogen-bond acceptors (Lipinski definition) is 3. The van der Waals surface area contributed by atoms with Crippen LogP contribution in [0.5, 0.6) is 11.5 Å². The highest BCUT2D eigenvalue weighted by molar-refractivity contribution is 9.10. The van der Waals surface area contributed by atoms with Gasteiger partial charge in [0.15, 0.2) is 0 Å². The van der Waals surface area contributed by atoms with Crippen LogP contribution < -0.4 is 15.2 Å². The fourth-order valence-corrected chi connectivity index (χ4v) is 1.94. The van der Waals surface area contributed by atoms with Gasteiger partial charge in [0.25, 0.3) is 0 Å². The molecule has 0 saturated heterocycles. The molecule has 0 atom stereocenters. The van der Waals surface area contributed by atoms with Crippen LogP contribution in [0.3, 0.4) is 0 Å². The third-order valence-corrected chi connectivity index (χ3v) is 3.37. The van der Waals surface area contributed by atoms with Gasteiger partial charge in [-0.05, 0) is 45.8 Å². The highest BCUT2D eigenvalue weighted by Crippen LogP contribution is 2.30. The van der Waals surface area contributed by atoms with Gasteiger partial charge in [0.1, 0.15) is 18.1 Å². The summed E-state index contributed by atoms with van der Waals surface area (Å²) in [5.41, 5.74) is 7.50. The van der Waals surface area contributed by atoms with E-state index in [2.05, 4.69) is 15.9 Å². The summed E-state index contributed by atoms with van der Waals surface area (Å²) < 4.78 is 11.7. The molecule has 0 aromatic heterocycles. The molecule has 0 saturated carbocycles. The molecule has 0 aliphatic carbocycles. The molecule has 0 unspecified atom stereocenters. The van der Waals surface area contributed by atoms with Crippen LogP contribution in [0.4, 0.5) is 5.69 Å². The largest absolute Gasteiger partial charge is 0.497 e. The van der Waals surface area contributed by atoms with E-state index < -0.39 is 0 Å². The number of hydrogen-bond donors (Lipinski definition) is 1. The second kappa shape index (κ2) is 5.78. The zero-order chi connectivity index (χ0) is 13.0. The smallest absolute Gasteiger partial charge is 0.136 e. The molecule has 18 heavy (non-hydrogen) atoms. The van der Waals surface area contributed by atoms with E-state index in [9.17, 15) is 0 Å². The lowest BCUT2D eigenvalue weighted by molar-refractivity contribution is 0.303. The van der Waals surface area contributed by atoms with Crippen LogP contribution in [0.15, 0.2) is 46.9 Å². The summed E-state index contributed by atoms with van der Waals surface area (Å²) in [5.74, 6) is 1.56. The van der Waals surface area contributed by atoms with Crippen molar-refractivity contribution in [3.05, 3.63) is 52.5 Å². The third-order valence-electron chi connectivity index (χ3n) is 2.52. The van der Waals surface area contributed by atoms with Gasteiger partial charge in [0.05, 0.1) is 11.6 Å². The molecule has 3 nitrogen and oxygen atoms in total. The lowest BCUT2D eigenvalue weighted by Crippen LogP contribution is -1.98. The number of nitrogens with two attached hydrogens (primary N) is 1. The van der Waals surface area contributed by atoms with E-state index in [1.54, 1.807) is 7.11 Å². The molecular weight excluding hydrogens is 294 g/mol. The molecule has 0 radical (unpaired) electrons. The molecule has 0 heterocycles. The van der Waals surface area contributed by atoms with Gasteiger partial charge in [-0.2, -0.15) is 0 Å². The fraction of sp³-hybridized carbons (Fsp3) is 0.143. The van der Waals surface area contributed by atoms with Gasteiger partial charge in [0.2, 0.25) is 0 Å². The van der Waals surface area contributed by atoms with Crippen LogP contribution >= 0.6 is 15.9 Å². The Hall–Kier alpha value is -1.68. The highest BCUT2D eigenvalue weighted by Gasteiger charge is 2.04. The van der Waals surface area contributed by atoms with Crippen molar-refractivity contribution >= 4 is 21.6 Å². The van der Waals surface area contributed by atoms with Gasteiger partial charge in [-0.3, -0.25) is 0 Å². The first-order valence-corrected chi connectivity index (χ1v) is 6.29. The Kier molecular flexibility index (Phi) is 4.10. The molecule has 0 fully saturated rings. The number of halogens is 1. The van der Waals surface area contributed by atoms with Crippen LogP contribution in [-0.2, 0) is 6.61 Å². The molecule has 2 N–H and O–H groups in total. The van der Waals surface area contributed by atoms with Crippen molar-refractivity contribution in [2.24, 2.45) is 0 Å². The predicted molar refractivity (Wildman–Crippen MR) is 75.9 cm³/mol. The van der Waals surface area contributed by atoms with Crippen LogP contribution in [-0.4, -0.2) is 7.11 Å². The normalized spacial score (nSPS) is 10.1. The van der Waals surface area contributed by atoms with Crippen LogP contribution in [0.1, 0.15) is 5.56 Å². The van der Waals surface area contributed by atoms with E-state index in [-0.39, 0.29) is 0 Å². The highest BCUT2D eigenvalue weighted by atomic mass is 79.9. The number of anilines is 1. The summed E-state index contributed by atoms with van der Waals surface area (Å²) in [7, 11) is 1.65. The molecule has 2 rings (SSSR count). The van der Waals surface area contributed by atoms with Gasteiger partial charge in [0, 0.05) is 5.69 Å². The minimum Gasteiger partial charge on any atom is -0.497 e. The molecule has 0 amide bonds. The summed E-state index contributed by atoms with van der Waals surface area (Å²) >= 11 is 3.41. The Morgan fingerprint density at radius 3 is 2.72 bits per heavy atom. The van der Waals surface area contributed by atoms with Crippen molar-refractivity contribution in [1.29, 1.82) is 0 Å².